The van der Waals surface area contributed by atoms with E-state index in [0.717, 1.165) is 42.4 Å². The smallest absolute Gasteiger partial charge is 0.276 e. The molecule has 0 bridgehead atoms. The summed E-state index contributed by atoms with van der Waals surface area (Å²) in [5.74, 6) is 1.64. The van der Waals surface area contributed by atoms with Gasteiger partial charge in [0.2, 0.25) is 0 Å². The lowest BCUT2D eigenvalue weighted by Gasteiger charge is -2.12. The van der Waals surface area contributed by atoms with E-state index in [1.807, 2.05) is 19.1 Å². The van der Waals surface area contributed by atoms with E-state index in [1.165, 1.54) is 12.7 Å². The van der Waals surface area contributed by atoms with E-state index in [0.29, 0.717) is 29.4 Å². The zero-order valence-corrected chi connectivity index (χ0v) is 18.2. The molecule has 1 aromatic heterocycles. The summed E-state index contributed by atoms with van der Waals surface area (Å²) in [5, 5.41) is 1.04. The van der Waals surface area contributed by atoms with Gasteiger partial charge in [-0.2, -0.15) is 0 Å². The molecule has 3 aromatic rings. The number of ether oxygens (including phenoxy) is 3. The highest BCUT2D eigenvalue weighted by Crippen LogP contribution is 2.34. The van der Waals surface area contributed by atoms with E-state index in [1.54, 1.807) is 24.3 Å². The SMILES string of the molecule is CCOc1ccc(C(=O)NNC(=O)COc2ccc3oc4c(c3c2)CCCC4)cc1OC. The quantitative estimate of drug-likeness (QED) is 0.548. The molecule has 0 saturated heterocycles. The second-order valence-electron chi connectivity index (χ2n) is 7.46. The molecular formula is C24H26N2O6. The number of benzene rings is 2. The van der Waals surface area contributed by atoms with E-state index in [4.69, 9.17) is 18.6 Å². The second kappa shape index (κ2) is 9.64. The lowest BCUT2D eigenvalue weighted by Crippen LogP contribution is -2.43. The molecule has 0 radical (unpaired) electrons. The third-order valence-corrected chi connectivity index (χ3v) is 5.34. The number of fused-ring (bicyclic) bond motifs is 3. The summed E-state index contributed by atoms with van der Waals surface area (Å²) < 4.78 is 22.2. The van der Waals surface area contributed by atoms with Gasteiger partial charge in [-0.25, -0.2) is 0 Å². The highest BCUT2D eigenvalue weighted by molar-refractivity contribution is 5.96. The molecule has 32 heavy (non-hydrogen) atoms. The number of rotatable bonds is 7. The van der Waals surface area contributed by atoms with Crippen LogP contribution in [0.5, 0.6) is 17.2 Å². The van der Waals surface area contributed by atoms with Crippen LogP contribution in [-0.4, -0.2) is 32.1 Å². The molecule has 0 saturated carbocycles. The summed E-state index contributed by atoms with van der Waals surface area (Å²) >= 11 is 0. The molecule has 0 fully saturated rings. The van der Waals surface area contributed by atoms with Gasteiger partial charge < -0.3 is 18.6 Å². The zero-order valence-electron chi connectivity index (χ0n) is 18.2. The topological polar surface area (TPSA) is 99.0 Å². The van der Waals surface area contributed by atoms with Gasteiger partial charge in [-0.15, -0.1) is 0 Å². The third-order valence-electron chi connectivity index (χ3n) is 5.34. The van der Waals surface area contributed by atoms with Crippen LogP contribution in [0, 0.1) is 0 Å². The zero-order chi connectivity index (χ0) is 22.5. The van der Waals surface area contributed by atoms with Crippen LogP contribution < -0.4 is 25.1 Å². The Kier molecular flexibility index (Phi) is 6.49. The minimum Gasteiger partial charge on any atom is -0.493 e. The molecule has 168 valence electrons. The normalized spacial score (nSPS) is 12.7. The Morgan fingerprint density at radius 1 is 1.00 bits per heavy atom. The van der Waals surface area contributed by atoms with Crippen molar-refractivity contribution in [2.24, 2.45) is 0 Å². The maximum Gasteiger partial charge on any atom is 0.276 e. The van der Waals surface area contributed by atoms with Crippen molar-refractivity contribution in [1.82, 2.24) is 10.9 Å². The standard InChI is InChI=1S/C24H26N2O6/c1-3-30-21-10-8-15(12-22(21)29-2)24(28)26-25-23(27)14-31-16-9-11-20-18(13-16)17-6-4-5-7-19(17)32-20/h8-13H,3-7,14H2,1-2H3,(H,25,27)(H,26,28). The number of carbonyl (C=O) groups is 2. The van der Waals surface area contributed by atoms with E-state index in [-0.39, 0.29) is 6.61 Å². The van der Waals surface area contributed by atoms with Gasteiger partial charge in [0.15, 0.2) is 18.1 Å². The summed E-state index contributed by atoms with van der Waals surface area (Å²) in [4.78, 5) is 24.5. The van der Waals surface area contributed by atoms with E-state index in [2.05, 4.69) is 10.9 Å². The molecule has 1 heterocycles. The first-order valence-electron chi connectivity index (χ1n) is 10.7. The number of carbonyl (C=O) groups excluding carboxylic acids is 2. The van der Waals surface area contributed by atoms with E-state index < -0.39 is 11.8 Å². The summed E-state index contributed by atoms with van der Waals surface area (Å²) in [7, 11) is 1.50. The molecule has 8 nitrogen and oxygen atoms in total. The average Bonchev–Trinajstić information content (AvgIpc) is 3.19. The number of hydrogen-bond acceptors (Lipinski definition) is 6. The fraction of sp³-hybridized carbons (Fsp3) is 0.333. The van der Waals surface area contributed by atoms with Crippen molar-refractivity contribution in [1.29, 1.82) is 0 Å². The largest absolute Gasteiger partial charge is 0.493 e. The van der Waals surface area contributed by atoms with Gasteiger partial charge in [-0.1, -0.05) is 0 Å². The van der Waals surface area contributed by atoms with Crippen molar-refractivity contribution in [2.75, 3.05) is 20.3 Å². The summed E-state index contributed by atoms with van der Waals surface area (Å²) in [5.41, 5.74) is 7.13. The highest BCUT2D eigenvalue weighted by Gasteiger charge is 2.18. The molecule has 4 rings (SSSR count). The van der Waals surface area contributed by atoms with Gasteiger partial charge in [0.1, 0.15) is 17.1 Å². The minimum atomic E-state index is -0.481. The van der Waals surface area contributed by atoms with Gasteiger partial charge in [-0.3, -0.25) is 20.4 Å². The van der Waals surface area contributed by atoms with Crippen LogP contribution in [0.25, 0.3) is 11.0 Å². The molecule has 2 aromatic carbocycles. The Balaban J connectivity index is 1.32. The number of hydrogen-bond donors (Lipinski definition) is 2. The molecule has 0 spiro atoms. The highest BCUT2D eigenvalue weighted by atomic mass is 16.5. The predicted molar refractivity (Wildman–Crippen MR) is 118 cm³/mol. The van der Waals surface area contributed by atoms with Crippen LogP contribution in [0.4, 0.5) is 0 Å². The third kappa shape index (κ3) is 4.64. The number of nitrogens with one attached hydrogen (secondary N) is 2. The Morgan fingerprint density at radius 3 is 2.66 bits per heavy atom. The van der Waals surface area contributed by atoms with E-state index >= 15 is 0 Å². The molecule has 8 heteroatoms. The van der Waals surface area contributed by atoms with Crippen molar-refractivity contribution in [3.05, 3.63) is 53.3 Å². The van der Waals surface area contributed by atoms with Crippen LogP contribution in [-0.2, 0) is 17.6 Å². The Bertz CT molecular complexity index is 1140. The maximum absolute atomic E-state index is 12.3. The first kappa shape index (κ1) is 21.5. The fourth-order valence-electron chi connectivity index (χ4n) is 3.80. The molecule has 0 aliphatic heterocycles. The van der Waals surface area contributed by atoms with Gasteiger partial charge in [0.25, 0.3) is 11.8 Å². The second-order valence-corrected chi connectivity index (χ2v) is 7.46. The summed E-state index contributed by atoms with van der Waals surface area (Å²) in [6.45, 7) is 2.10. The number of furan rings is 1. The van der Waals surface area contributed by atoms with Gasteiger partial charge in [0.05, 0.1) is 13.7 Å². The Labute approximate surface area is 185 Å². The molecule has 1 aliphatic rings. The number of hydrazine groups is 1. The number of amides is 2. The lowest BCUT2D eigenvalue weighted by molar-refractivity contribution is -0.123. The molecular weight excluding hydrogens is 412 g/mol. The molecule has 0 atom stereocenters. The van der Waals surface area contributed by atoms with Crippen LogP contribution in [0.1, 0.15) is 41.4 Å². The first-order chi connectivity index (χ1) is 15.6. The van der Waals surface area contributed by atoms with E-state index in [9.17, 15) is 9.59 Å². The molecule has 2 N–H and O–H groups in total. The van der Waals surface area contributed by atoms with Crippen LogP contribution in [0.3, 0.4) is 0 Å². The maximum atomic E-state index is 12.3. The number of methoxy groups -OCH3 is 1. The molecule has 0 unspecified atom stereocenters. The average molecular weight is 438 g/mol. The van der Waals surface area contributed by atoms with Crippen molar-refractivity contribution >= 4 is 22.8 Å². The first-order valence-corrected chi connectivity index (χ1v) is 10.7. The summed E-state index contributed by atoms with van der Waals surface area (Å²) in [6.07, 6.45) is 4.25. The lowest BCUT2D eigenvalue weighted by atomic mass is 9.96. The Morgan fingerprint density at radius 2 is 1.84 bits per heavy atom. The fourth-order valence-corrected chi connectivity index (χ4v) is 3.80. The molecule has 1 aliphatic carbocycles. The van der Waals surface area contributed by atoms with Crippen LogP contribution in [0.2, 0.25) is 0 Å². The van der Waals surface area contributed by atoms with Gasteiger partial charge >= 0.3 is 0 Å². The van der Waals surface area contributed by atoms with Crippen molar-refractivity contribution in [2.45, 2.75) is 32.6 Å². The Hall–Kier alpha value is -3.68. The summed E-state index contributed by atoms with van der Waals surface area (Å²) in [6, 6.07) is 10.3. The van der Waals surface area contributed by atoms with Crippen molar-refractivity contribution < 1.29 is 28.2 Å². The number of aryl methyl sites for hydroxylation is 2. The monoisotopic (exact) mass is 438 g/mol. The molecule has 2 amide bonds. The predicted octanol–water partition coefficient (Wildman–Crippen LogP) is 3.56. The minimum absolute atomic E-state index is 0.238. The van der Waals surface area contributed by atoms with Crippen LogP contribution in [0.15, 0.2) is 40.8 Å². The van der Waals surface area contributed by atoms with Crippen LogP contribution >= 0.6 is 0 Å². The van der Waals surface area contributed by atoms with Crippen molar-refractivity contribution in [3.63, 3.8) is 0 Å². The van der Waals surface area contributed by atoms with Gasteiger partial charge in [0, 0.05) is 22.9 Å². The van der Waals surface area contributed by atoms with Crippen molar-refractivity contribution in [3.8, 4) is 17.2 Å². The van der Waals surface area contributed by atoms with Gasteiger partial charge in [-0.05, 0) is 62.6 Å².